The van der Waals surface area contributed by atoms with Gasteiger partial charge in [0.1, 0.15) is 0 Å². The minimum atomic E-state index is -3.19. The number of hydrogen-bond acceptors (Lipinski definition) is 4. The Morgan fingerprint density at radius 3 is 2.80 bits per heavy atom. The third-order valence-corrected chi connectivity index (χ3v) is 4.21. The van der Waals surface area contributed by atoms with Crippen molar-refractivity contribution in [3.05, 3.63) is 0 Å². The number of likely N-dealkylation sites (tertiary alicyclic amines) is 1. The van der Waals surface area contributed by atoms with E-state index in [9.17, 15) is 8.42 Å². The second-order valence-electron chi connectivity index (χ2n) is 4.02. The molecule has 5 nitrogen and oxygen atoms in total. The first-order chi connectivity index (χ1) is 7.05. The van der Waals surface area contributed by atoms with Crippen molar-refractivity contribution < 1.29 is 13.5 Å². The van der Waals surface area contributed by atoms with Crippen molar-refractivity contribution in [2.24, 2.45) is 0 Å². The molecule has 1 unspecified atom stereocenters. The second kappa shape index (κ2) is 5.79. The molecule has 0 aromatic carbocycles. The molecule has 2 N–H and O–H groups in total. The van der Waals surface area contributed by atoms with Gasteiger partial charge in [-0.2, -0.15) is 0 Å². The first-order valence-corrected chi connectivity index (χ1v) is 6.99. The third kappa shape index (κ3) is 4.46. The first kappa shape index (κ1) is 12.9. The maximum Gasteiger partial charge on any atom is 0.211 e. The van der Waals surface area contributed by atoms with Gasteiger partial charge in [0.25, 0.3) is 0 Å². The summed E-state index contributed by atoms with van der Waals surface area (Å²) < 4.78 is 25.4. The van der Waals surface area contributed by atoms with Gasteiger partial charge in [0, 0.05) is 19.2 Å². The van der Waals surface area contributed by atoms with Crippen molar-refractivity contribution in [1.29, 1.82) is 0 Å². The van der Waals surface area contributed by atoms with Gasteiger partial charge in [0.15, 0.2) is 0 Å². The zero-order valence-corrected chi connectivity index (χ0v) is 9.96. The molecule has 1 atom stereocenters. The predicted octanol–water partition coefficient (Wildman–Crippen LogP) is -0.618. The summed E-state index contributed by atoms with van der Waals surface area (Å²) in [5.41, 5.74) is 0. The molecule has 0 aromatic rings. The van der Waals surface area contributed by atoms with Gasteiger partial charge >= 0.3 is 0 Å². The molecule has 0 bridgehead atoms. The van der Waals surface area contributed by atoms with E-state index in [1.54, 1.807) is 0 Å². The summed E-state index contributed by atoms with van der Waals surface area (Å²) in [6.07, 6.45) is 2.49. The van der Waals surface area contributed by atoms with E-state index in [0.29, 0.717) is 19.0 Å². The lowest BCUT2D eigenvalue weighted by Crippen LogP contribution is -2.39. The molecule has 0 aromatic heterocycles. The summed E-state index contributed by atoms with van der Waals surface area (Å²) in [4.78, 5) is 2.18. The van der Waals surface area contributed by atoms with Gasteiger partial charge in [0.05, 0.1) is 5.75 Å². The molecule has 1 heterocycles. The van der Waals surface area contributed by atoms with E-state index < -0.39 is 10.0 Å². The van der Waals surface area contributed by atoms with Crippen LogP contribution in [0.4, 0.5) is 0 Å². The van der Waals surface area contributed by atoms with Crippen LogP contribution in [0.5, 0.6) is 0 Å². The van der Waals surface area contributed by atoms with E-state index in [1.807, 2.05) is 7.05 Å². The Balaban J connectivity index is 2.29. The smallest absolute Gasteiger partial charge is 0.211 e. The number of nitrogens with zero attached hydrogens (tertiary/aromatic N) is 1. The van der Waals surface area contributed by atoms with E-state index in [-0.39, 0.29) is 12.4 Å². The van der Waals surface area contributed by atoms with Crippen LogP contribution in [-0.4, -0.2) is 57.0 Å². The molecule has 1 rings (SSSR count). The van der Waals surface area contributed by atoms with Crippen LogP contribution in [0.2, 0.25) is 0 Å². The number of likely N-dealkylation sites (N-methyl/N-ethyl adjacent to an activating group) is 1. The Morgan fingerprint density at radius 2 is 2.27 bits per heavy atom. The van der Waals surface area contributed by atoms with Crippen molar-refractivity contribution in [3.8, 4) is 0 Å². The fourth-order valence-electron chi connectivity index (χ4n) is 1.79. The summed E-state index contributed by atoms with van der Waals surface area (Å²) in [6, 6.07) is 0.328. The zero-order chi connectivity index (χ0) is 11.3. The molecule has 0 aliphatic carbocycles. The molecule has 6 heteroatoms. The number of sulfonamides is 1. The van der Waals surface area contributed by atoms with Gasteiger partial charge in [-0.3, -0.25) is 0 Å². The van der Waals surface area contributed by atoms with Crippen molar-refractivity contribution in [2.75, 3.05) is 32.5 Å². The van der Waals surface area contributed by atoms with Crippen LogP contribution in [0.25, 0.3) is 0 Å². The lowest BCUT2D eigenvalue weighted by Gasteiger charge is -2.19. The van der Waals surface area contributed by atoms with Crippen LogP contribution in [0, 0.1) is 0 Å². The second-order valence-corrected chi connectivity index (χ2v) is 5.95. The largest absolute Gasteiger partial charge is 0.396 e. The molecule has 0 saturated carbocycles. The topological polar surface area (TPSA) is 69.6 Å². The van der Waals surface area contributed by atoms with Crippen molar-refractivity contribution >= 4 is 10.0 Å². The summed E-state index contributed by atoms with van der Waals surface area (Å²) >= 11 is 0. The zero-order valence-electron chi connectivity index (χ0n) is 9.15. The molecular weight excluding hydrogens is 216 g/mol. The molecule has 15 heavy (non-hydrogen) atoms. The van der Waals surface area contributed by atoms with Gasteiger partial charge in [-0.1, -0.05) is 0 Å². The average molecular weight is 236 g/mol. The van der Waals surface area contributed by atoms with E-state index in [4.69, 9.17) is 5.11 Å². The highest BCUT2D eigenvalue weighted by atomic mass is 32.2. The van der Waals surface area contributed by atoms with Crippen LogP contribution >= 0.6 is 0 Å². The summed E-state index contributed by atoms with van der Waals surface area (Å²) in [5, 5.41) is 8.55. The summed E-state index contributed by atoms with van der Waals surface area (Å²) in [6.45, 7) is 1.46. The maximum atomic E-state index is 11.4. The molecular formula is C9H20N2O3S. The molecule has 0 amide bonds. The Labute approximate surface area is 91.5 Å². The highest BCUT2D eigenvalue weighted by molar-refractivity contribution is 7.89. The maximum absolute atomic E-state index is 11.4. The Hall–Kier alpha value is -0.170. The number of aliphatic hydroxyl groups excluding tert-OH is 1. The van der Waals surface area contributed by atoms with E-state index in [1.165, 1.54) is 0 Å². The van der Waals surface area contributed by atoms with Crippen molar-refractivity contribution in [1.82, 2.24) is 9.62 Å². The van der Waals surface area contributed by atoms with Crippen molar-refractivity contribution in [2.45, 2.75) is 25.3 Å². The van der Waals surface area contributed by atoms with Crippen LogP contribution < -0.4 is 4.72 Å². The van der Waals surface area contributed by atoms with Gasteiger partial charge in [0.2, 0.25) is 10.0 Å². The highest BCUT2D eigenvalue weighted by Gasteiger charge is 2.22. The number of aliphatic hydroxyl groups is 1. The standard InChI is InChI=1S/C9H20N2O3S/c1-11-5-2-4-9(11)8-10-15(13,14)7-3-6-12/h9-10,12H,2-8H2,1H3. The minimum Gasteiger partial charge on any atom is -0.396 e. The molecule has 1 aliphatic rings. The SMILES string of the molecule is CN1CCCC1CNS(=O)(=O)CCCO. The quantitative estimate of drug-likeness (QED) is 0.645. The Morgan fingerprint density at radius 1 is 1.53 bits per heavy atom. The highest BCUT2D eigenvalue weighted by Crippen LogP contribution is 2.13. The fraction of sp³-hybridized carbons (Fsp3) is 1.00. The summed E-state index contributed by atoms with van der Waals surface area (Å²) in [5.74, 6) is 0.0138. The van der Waals surface area contributed by atoms with Gasteiger partial charge in [-0.15, -0.1) is 0 Å². The molecule has 90 valence electrons. The van der Waals surface area contributed by atoms with Crippen LogP contribution in [0.1, 0.15) is 19.3 Å². The van der Waals surface area contributed by atoms with Crippen LogP contribution in [0.3, 0.4) is 0 Å². The number of hydrogen-bond donors (Lipinski definition) is 2. The summed E-state index contributed by atoms with van der Waals surface area (Å²) in [7, 11) is -1.18. The normalized spacial score (nSPS) is 23.5. The van der Waals surface area contributed by atoms with Gasteiger partial charge in [-0.25, -0.2) is 13.1 Å². The minimum absolute atomic E-state index is 0.0138. The lowest BCUT2D eigenvalue weighted by atomic mass is 10.2. The molecule has 0 spiro atoms. The van der Waals surface area contributed by atoms with Crippen LogP contribution in [-0.2, 0) is 10.0 Å². The van der Waals surface area contributed by atoms with Crippen LogP contribution in [0.15, 0.2) is 0 Å². The van der Waals surface area contributed by atoms with E-state index in [0.717, 1.165) is 19.4 Å². The number of nitrogens with one attached hydrogen (secondary N) is 1. The van der Waals surface area contributed by atoms with E-state index >= 15 is 0 Å². The molecule has 1 saturated heterocycles. The molecule has 1 fully saturated rings. The molecule has 0 radical (unpaired) electrons. The van der Waals surface area contributed by atoms with Gasteiger partial charge in [-0.05, 0) is 32.9 Å². The number of rotatable bonds is 6. The fourth-order valence-corrected chi connectivity index (χ4v) is 2.89. The van der Waals surface area contributed by atoms with Gasteiger partial charge < -0.3 is 10.0 Å². The lowest BCUT2D eigenvalue weighted by molar-refractivity contribution is 0.294. The third-order valence-electron chi connectivity index (χ3n) is 2.78. The Bertz CT molecular complexity index is 279. The monoisotopic (exact) mass is 236 g/mol. The van der Waals surface area contributed by atoms with E-state index in [2.05, 4.69) is 9.62 Å². The predicted molar refractivity (Wildman–Crippen MR) is 59.1 cm³/mol. The molecule has 1 aliphatic heterocycles. The average Bonchev–Trinajstić information content (AvgIpc) is 2.58. The van der Waals surface area contributed by atoms with Crippen molar-refractivity contribution in [3.63, 3.8) is 0 Å². The first-order valence-electron chi connectivity index (χ1n) is 5.33. The Kier molecular flexibility index (Phi) is 4.98.